The predicted octanol–water partition coefficient (Wildman–Crippen LogP) is 2.71. The Morgan fingerprint density at radius 1 is 1.10 bits per heavy atom. The van der Waals surface area contributed by atoms with E-state index in [-0.39, 0.29) is 11.1 Å². The van der Waals surface area contributed by atoms with E-state index in [1.807, 2.05) is 0 Å². The van der Waals surface area contributed by atoms with Crippen LogP contribution in [-0.4, -0.2) is 19.3 Å². The minimum Gasteiger partial charge on any atom is -0.497 e. The van der Waals surface area contributed by atoms with Crippen LogP contribution in [0.2, 0.25) is 0 Å². The van der Waals surface area contributed by atoms with Gasteiger partial charge in [-0.3, -0.25) is 0 Å². The number of hydrogen-bond acceptors (Lipinski definition) is 3. The van der Waals surface area contributed by atoms with Crippen LogP contribution < -0.4 is 9.47 Å². The van der Waals surface area contributed by atoms with Crippen molar-refractivity contribution in [1.82, 2.24) is 0 Å². The molecule has 0 spiro atoms. The highest BCUT2D eigenvalue weighted by Gasteiger charge is 2.35. The molecule has 1 atom stereocenters. The van der Waals surface area contributed by atoms with Gasteiger partial charge < -0.3 is 14.6 Å². The lowest BCUT2D eigenvalue weighted by Gasteiger charge is -2.25. The van der Waals surface area contributed by atoms with E-state index in [0.29, 0.717) is 11.5 Å². The molecule has 0 saturated carbocycles. The number of benzene rings is 2. The molecule has 0 fully saturated rings. The lowest BCUT2D eigenvalue weighted by molar-refractivity contribution is 0.137. The van der Waals surface area contributed by atoms with E-state index in [0.717, 1.165) is 0 Å². The molecule has 2 rings (SSSR count). The van der Waals surface area contributed by atoms with Crippen molar-refractivity contribution in [2.75, 3.05) is 14.2 Å². The lowest BCUT2D eigenvalue weighted by atomic mass is 9.86. The van der Waals surface area contributed by atoms with Gasteiger partial charge in [-0.05, 0) is 18.2 Å². The third kappa shape index (κ3) is 2.56. The van der Waals surface area contributed by atoms with E-state index < -0.39 is 11.4 Å². The molecule has 1 unspecified atom stereocenters. The molecule has 2 aromatic rings. The molecule has 3 nitrogen and oxygen atoms in total. The Kier molecular flexibility index (Phi) is 4.15. The van der Waals surface area contributed by atoms with E-state index in [2.05, 4.69) is 5.92 Å². The normalized spacial score (nSPS) is 13.1. The fourth-order valence-corrected chi connectivity index (χ4v) is 2.15. The number of methoxy groups -OCH3 is 2. The van der Waals surface area contributed by atoms with Crippen LogP contribution in [0, 0.1) is 18.2 Å². The van der Waals surface area contributed by atoms with Crippen molar-refractivity contribution in [2.24, 2.45) is 0 Å². The molecule has 108 valence electrons. The van der Waals surface area contributed by atoms with Gasteiger partial charge in [-0.15, -0.1) is 6.42 Å². The van der Waals surface area contributed by atoms with Crippen molar-refractivity contribution in [3.05, 3.63) is 59.4 Å². The number of ether oxygens (including phenoxy) is 2. The Labute approximate surface area is 122 Å². The highest BCUT2D eigenvalue weighted by molar-refractivity contribution is 5.52. The molecule has 0 heterocycles. The highest BCUT2D eigenvalue weighted by atomic mass is 19.1. The summed E-state index contributed by atoms with van der Waals surface area (Å²) in [6, 6.07) is 10.6. The fraction of sp³-hybridized carbons (Fsp3) is 0.176. The third-order valence-electron chi connectivity index (χ3n) is 3.27. The van der Waals surface area contributed by atoms with Crippen LogP contribution in [0.15, 0.2) is 42.5 Å². The topological polar surface area (TPSA) is 38.7 Å². The van der Waals surface area contributed by atoms with Crippen molar-refractivity contribution >= 4 is 0 Å². The summed E-state index contributed by atoms with van der Waals surface area (Å²) >= 11 is 0. The first-order chi connectivity index (χ1) is 10.1. The molecule has 0 aliphatic carbocycles. The lowest BCUT2D eigenvalue weighted by Crippen LogP contribution is -2.27. The molecule has 21 heavy (non-hydrogen) atoms. The van der Waals surface area contributed by atoms with E-state index in [4.69, 9.17) is 15.9 Å². The second kappa shape index (κ2) is 5.86. The predicted molar refractivity (Wildman–Crippen MR) is 77.8 cm³/mol. The molecule has 0 radical (unpaired) electrons. The van der Waals surface area contributed by atoms with Crippen LogP contribution in [0.1, 0.15) is 11.1 Å². The van der Waals surface area contributed by atoms with Gasteiger partial charge in [0.2, 0.25) is 0 Å². The monoisotopic (exact) mass is 286 g/mol. The molecule has 0 aromatic heterocycles. The second-order valence-corrected chi connectivity index (χ2v) is 4.40. The van der Waals surface area contributed by atoms with E-state index >= 15 is 0 Å². The van der Waals surface area contributed by atoms with Crippen LogP contribution in [0.4, 0.5) is 4.39 Å². The summed E-state index contributed by atoms with van der Waals surface area (Å²) in [6.45, 7) is 0. The first-order valence-electron chi connectivity index (χ1n) is 6.24. The zero-order valence-electron chi connectivity index (χ0n) is 11.8. The molecular formula is C17H15FO3. The summed E-state index contributed by atoms with van der Waals surface area (Å²) in [5.41, 5.74) is -1.66. The van der Waals surface area contributed by atoms with Crippen LogP contribution in [0.5, 0.6) is 11.5 Å². The Hall–Kier alpha value is -2.51. The Morgan fingerprint density at radius 2 is 1.81 bits per heavy atom. The number of hydrogen-bond donors (Lipinski definition) is 1. The first-order valence-corrected chi connectivity index (χ1v) is 6.24. The third-order valence-corrected chi connectivity index (χ3v) is 3.27. The van der Waals surface area contributed by atoms with Crippen LogP contribution in [-0.2, 0) is 5.60 Å². The van der Waals surface area contributed by atoms with Gasteiger partial charge in [0, 0.05) is 17.2 Å². The number of halogens is 1. The number of rotatable bonds is 4. The van der Waals surface area contributed by atoms with Crippen molar-refractivity contribution < 1.29 is 19.0 Å². The van der Waals surface area contributed by atoms with Gasteiger partial charge in [0.25, 0.3) is 0 Å². The molecule has 4 heteroatoms. The maximum absolute atomic E-state index is 14.0. The maximum Gasteiger partial charge on any atom is 0.183 e. The average molecular weight is 286 g/mol. The summed E-state index contributed by atoms with van der Waals surface area (Å²) in [6.07, 6.45) is 5.48. The van der Waals surface area contributed by atoms with Crippen LogP contribution >= 0.6 is 0 Å². The summed E-state index contributed by atoms with van der Waals surface area (Å²) in [5, 5.41) is 10.8. The molecular weight excluding hydrogens is 271 g/mol. The smallest absolute Gasteiger partial charge is 0.183 e. The second-order valence-electron chi connectivity index (χ2n) is 4.40. The summed E-state index contributed by atoms with van der Waals surface area (Å²) in [5.74, 6) is 2.53. The highest BCUT2D eigenvalue weighted by Crippen LogP contribution is 2.38. The van der Waals surface area contributed by atoms with Crippen molar-refractivity contribution in [3.63, 3.8) is 0 Å². The van der Waals surface area contributed by atoms with E-state index in [1.54, 1.807) is 24.3 Å². The molecule has 0 amide bonds. The van der Waals surface area contributed by atoms with Gasteiger partial charge in [-0.1, -0.05) is 24.1 Å². The van der Waals surface area contributed by atoms with Gasteiger partial charge in [-0.25, -0.2) is 4.39 Å². The molecule has 0 aliphatic heterocycles. The van der Waals surface area contributed by atoms with Crippen LogP contribution in [0.3, 0.4) is 0 Å². The van der Waals surface area contributed by atoms with Gasteiger partial charge in [0.05, 0.1) is 14.2 Å². The zero-order chi connectivity index (χ0) is 15.5. The Bertz CT molecular complexity index is 691. The van der Waals surface area contributed by atoms with Crippen molar-refractivity contribution in [1.29, 1.82) is 0 Å². The summed E-state index contributed by atoms with van der Waals surface area (Å²) < 4.78 is 24.4. The fourth-order valence-electron chi connectivity index (χ4n) is 2.15. The largest absolute Gasteiger partial charge is 0.497 e. The molecule has 0 bridgehead atoms. The number of aliphatic hydroxyl groups is 1. The van der Waals surface area contributed by atoms with Crippen molar-refractivity contribution in [3.8, 4) is 23.8 Å². The molecule has 0 saturated heterocycles. The minimum absolute atomic E-state index is 0.00373. The van der Waals surface area contributed by atoms with Gasteiger partial charge in [0.15, 0.2) is 5.60 Å². The minimum atomic E-state index is -1.93. The molecule has 2 aromatic carbocycles. The molecule has 0 aliphatic rings. The van der Waals surface area contributed by atoms with Gasteiger partial charge >= 0.3 is 0 Å². The summed E-state index contributed by atoms with van der Waals surface area (Å²) in [4.78, 5) is 0. The zero-order valence-corrected chi connectivity index (χ0v) is 11.8. The quantitative estimate of drug-likeness (QED) is 0.878. The maximum atomic E-state index is 14.0. The SMILES string of the molecule is C#CC(O)(c1ccccc1F)c1ccc(OC)cc1OC. The van der Waals surface area contributed by atoms with E-state index in [1.165, 1.54) is 32.4 Å². The van der Waals surface area contributed by atoms with E-state index in [9.17, 15) is 9.50 Å². The van der Waals surface area contributed by atoms with Gasteiger partial charge in [-0.2, -0.15) is 0 Å². The van der Waals surface area contributed by atoms with Crippen molar-refractivity contribution in [2.45, 2.75) is 5.60 Å². The number of terminal acetylenes is 1. The first kappa shape index (κ1) is 14.9. The Morgan fingerprint density at radius 3 is 2.38 bits per heavy atom. The summed E-state index contributed by atoms with van der Waals surface area (Å²) in [7, 11) is 2.95. The Balaban J connectivity index is 2.67. The average Bonchev–Trinajstić information content (AvgIpc) is 2.54. The molecule has 1 N–H and O–H groups in total. The standard InChI is InChI=1S/C17H15FO3/c1-4-17(19,13-7-5-6-8-15(13)18)14-10-9-12(20-2)11-16(14)21-3/h1,5-11,19H,2-3H3. The van der Waals surface area contributed by atoms with Crippen LogP contribution in [0.25, 0.3) is 0 Å². The van der Waals surface area contributed by atoms with Gasteiger partial charge in [0.1, 0.15) is 17.3 Å².